The van der Waals surface area contributed by atoms with Crippen LogP contribution in [-0.2, 0) is 4.79 Å². The number of hydrogen-bond acceptors (Lipinski definition) is 3. The number of hydrogen-bond donors (Lipinski definition) is 3. The number of aliphatic hydroxyl groups excluding tert-OH is 1. The fourth-order valence-corrected chi connectivity index (χ4v) is 2.39. The predicted octanol–water partition coefficient (Wildman–Crippen LogP) is 1.04. The molecule has 1 aliphatic rings. The molecule has 6 nitrogen and oxygen atoms in total. The Morgan fingerprint density at radius 2 is 2.05 bits per heavy atom. The highest BCUT2D eigenvalue weighted by atomic mass is 16.4. The second-order valence-electron chi connectivity index (χ2n) is 5.20. The minimum Gasteiger partial charge on any atom is -0.480 e. The van der Waals surface area contributed by atoms with Crippen molar-refractivity contribution in [3.8, 4) is 0 Å². The highest BCUT2D eigenvalue weighted by molar-refractivity contribution is 5.83. The smallest absolute Gasteiger partial charge is 0.328 e. The van der Waals surface area contributed by atoms with E-state index in [0.29, 0.717) is 19.0 Å². The first-order valence-corrected chi connectivity index (χ1v) is 6.92. The average molecular weight is 272 g/mol. The number of aliphatic carboxylic acids is 1. The van der Waals surface area contributed by atoms with Crippen molar-refractivity contribution in [3.05, 3.63) is 0 Å². The molecule has 3 atom stereocenters. The highest BCUT2D eigenvalue weighted by Crippen LogP contribution is 2.20. The molecule has 2 amide bonds. The Morgan fingerprint density at radius 1 is 1.37 bits per heavy atom. The second-order valence-corrected chi connectivity index (χ2v) is 5.20. The van der Waals surface area contributed by atoms with E-state index in [-0.39, 0.29) is 0 Å². The Labute approximate surface area is 113 Å². The standard InChI is InChI=1S/C13H24N2O4/c1-3-10-5-4-7-15(8-6-10)13(19)14-11(9(2)16)12(17)18/h9-11,16H,3-8H2,1-2H3,(H,14,19)(H,17,18). The number of urea groups is 1. The molecule has 0 aromatic heterocycles. The number of carbonyl (C=O) groups excluding carboxylic acids is 1. The van der Waals surface area contributed by atoms with E-state index in [1.54, 1.807) is 4.90 Å². The second kappa shape index (κ2) is 7.33. The Kier molecular flexibility index (Phi) is 6.08. The van der Waals surface area contributed by atoms with Crippen LogP contribution in [0, 0.1) is 5.92 Å². The topological polar surface area (TPSA) is 89.9 Å². The van der Waals surface area contributed by atoms with Crippen LogP contribution >= 0.6 is 0 Å². The number of amides is 2. The molecule has 1 heterocycles. The van der Waals surface area contributed by atoms with Gasteiger partial charge >= 0.3 is 12.0 Å². The van der Waals surface area contributed by atoms with E-state index in [2.05, 4.69) is 12.2 Å². The van der Waals surface area contributed by atoms with Gasteiger partial charge in [-0.15, -0.1) is 0 Å². The molecule has 0 aromatic rings. The van der Waals surface area contributed by atoms with E-state index in [1.165, 1.54) is 6.92 Å². The van der Waals surface area contributed by atoms with E-state index >= 15 is 0 Å². The lowest BCUT2D eigenvalue weighted by Gasteiger charge is -2.24. The molecule has 1 fully saturated rings. The van der Waals surface area contributed by atoms with Crippen LogP contribution in [0.15, 0.2) is 0 Å². The third-order valence-electron chi connectivity index (χ3n) is 3.74. The zero-order valence-corrected chi connectivity index (χ0v) is 11.6. The molecule has 1 saturated heterocycles. The SMILES string of the molecule is CCC1CCCN(C(=O)NC(C(=O)O)C(C)O)CC1. The molecule has 1 rings (SSSR count). The molecule has 3 N–H and O–H groups in total. The van der Waals surface area contributed by atoms with Gasteiger partial charge in [-0.05, 0) is 32.1 Å². The van der Waals surface area contributed by atoms with Crippen LogP contribution in [-0.4, -0.2) is 52.3 Å². The van der Waals surface area contributed by atoms with Crippen molar-refractivity contribution in [1.29, 1.82) is 0 Å². The first-order valence-electron chi connectivity index (χ1n) is 6.92. The minimum absolute atomic E-state index is 0.398. The van der Waals surface area contributed by atoms with Crippen LogP contribution in [0.5, 0.6) is 0 Å². The van der Waals surface area contributed by atoms with Gasteiger partial charge in [0.2, 0.25) is 0 Å². The van der Waals surface area contributed by atoms with Crippen molar-refractivity contribution in [2.24, 2.45) is 5.92 Å². The van der Waals surface area contributed by atoms with Crippen LogP contribution < -0.4 is 5.32 Å². The van der Waals surface area contributed by atoms with Crippen molar-refractivity contribution in [2.45, 2.75) is 51.7 Å². The molecular formula is C13H24N2O4. The van der Waals surface area contributed by atoms with E-state index < -0.39 is 24.1 Å². The molecule has 19 heavy (non-hydrogen) atoms. The Balaban J connectivity index is 2.55. The quantitative estimate of drug-likeness (QED) is 0.713. The van der Waals surface area contributed by atoms with Crippen molar-refractivity contribution >= 4 is 12.0 Å². The third kappa shape index (κ3) is 4.70. The molecule has 0 saturated carbocycles. The number of likely N-dealkylation sites (tertiary alicyclic amines) is 1. The molecule has 0 bridgehead atoms. The van der Waals surface area contributed by atoms with Gasteiger partial charge in [0.15, 0.2) is 6.04 Å². The van der Waals surface area contributed by atoms with Crippen LogP contribution in [0.25, 0.3) is 0 Å². The minimum atomic E-state index is -1.25. The van der Waals surface area contributed by atoms with Gasteiger partial charge in [-0.1, -0.05) is 13.3 Å². The monoisotopic (exact) mass is 272 g/mol. The van der Waals surface area contributed by atoms with E-state index in [1.807, 2.05) is 0 Å². The fourth-order valence-electron chi connectivity index (χ4n) is 2.39. The molecule has 110 valence electrons. The lowest BCUT2D eigenvalue weighted by Crippen LogP contribution is -2.52. The summed E-state index contributed by atoms with van der Waals surface area (Å²) < 4.78 is 0. The lowest BCUT2D eigenvalue weighted by molar-refractivity contribution is -0.141. The normalized spacial score (nSPS) is 23.3. The van der Waals surface area contributed by atoms with Gasteiger partial charge in [-0.25, -0.2) is 9.59 Å². The number of aliphatic hydroxyl groups is 1. The zero-order valence-electron chi connectivity index (χ0n) is 11.6. The maximum atomic E-state index is 12.0. The number of carboxylic acids is 1. The third-order valence-corrected chi connectivity index (χ3v) is 3.74. The molecule has 3 unspecified atom stereocenters. The summed E-state index contributed by atoms with van der Waals surface area (Å²) in [4.78, 5) is 24.6. The summed E-state index contributed by atoms with van der Waals surface area (Å²) in [6, 6.07) is -1.65. The van der Waals surface area contributed by atoms with Crippen LogP contribution in [0.1, 0.15) is 39.5 Å². The van der Waals surface area contributed by atoms with Crippen LogP contribution in [0.3, 0.4) is 0 Å². The largest absolute Gasteiger partial charge is 0.480 e. The fraction of sp³-hybridized carbons (Fsp3) is 0.846. The summed E-state index contributed by atoms with van der Waals surface area (Å²) in [5.41, 5.74) is 0. The van der Waals surface area contributed by atoms with E-state index in [0.717, 1.165) is 25.7 Å². The zero-order chi connectivity index (χ0) is 14.4. The highest BCUT2D eigenvalue weighted by Gasteiger charge is 2.28. The van der Waals surface area contributed by atoms with Crippen molar-refractivity contribution < 1.29 is 19.8 Å². The predicted molar refractivity (Wildman–Crippen MR) is 70.8 cm³/mol. The molecule has 1 aliphatic heterocycles. The molecule has 0 aromatic carbocycles. The summed E-state index contributed by atoms with van der Waals surface area (Å²) in [5.74, 6) is -0.575. The van der Waals surface area contributed by atoms with E-state index in [4.69, 9.17) is 5.11 Å². The number of carbonyl (C=O) groups is 2. The van der Waals surface area contributed by atoms with Crippen molar-refractivity contribution in [1.82, 2.24) is 10.2 Å². The summed E-state index contributed by atoms with van der Waals surface area (Å²) in [6.45, 7) is 4.80. The van der Waals surface area contributed by atoms with Gasteiger partial charge < -0.3 is 20.4 Å². The molecule has 0 radical (unpaired) electrons. The first-order chi connectivity index (χ1) is 8.95. The van der Waals surface area contributed by atoms with Gasteiger partial charge in [0, 0.05) is 13.1 Å². The van der Waals surface area contributed by atoms with Gasteiger partial charge in [-0.2, -0.15) is 0 Å². The van der Waals surface area contributed by atoms with Crippen LogP contribution in [0.4, 0.5) is 4.79 Å². The maximum absolute atomic E-state index is 12.0. The van der Waals surface area contributed by atoms with Gasteiger partial charge in [0.25, 0.3) is 0 Å². The lowest BCUT2D eigenvalue weighted by atomic mass is 9.98. The molecule has 0 aliphatic carbocycles. The molecule has 6 heteroatoms. The van der Waals surface area contributed by atoms with Crippen molar-refractivity contribution in [2.75, 3.05) is 13.1 Å². The first kappa shape index (κ1) is 15.8. The van der Waals surface area contributed by atoms with Crippen LogP contribution in [0.2, 0.25) is 0 Å². The molecule has 0 spiro atoms. The van der Waals surface area contributed by atoms with Gasteiger partial charge in [-0.3, -0.25) is 0 Å². The summed E-state index contributed by atoms with van der Waals surface area (Å²) >= 11 is 0. The summed E-state index contributed by atoms with van der Waals surface area (Å²) in [5, 5.41) is 20.7. The number of nitrogens with zero attached hydrogens (tertiary/aromatic N) is 1. The Hall–Kier alpha value is -1.30. The summed E-state index contributed by atoms with van der Waals surface area (Å²) in [6.07, 6.45) is 3.01. The van der Waals surface area contributed by atoms with Gasteiger partial charge in [0.05, 0.1) is 6.10 Å². The Bertz CT molecular complexity index is 320. The Morgan fingerprint density at radius 3 is 2.58 bits per heavy atom. The number of rotatable bonds is 4. The van der Waals surface area contributed by atoms with Gasteiger partial charge in [0.1, 0.15) is 0 Å². The molecular weight excluding hydrogens is 248 g/mol. The van der Waals surface area contributed by atoms with Crippen molar-refractivity contribution in [3.63, 3.8) is 0 Å². The average Bonchev–Trinajstić information content (AvgIpc) is 2.59. The summed E-state index contributed by atoms with van der Waals surface area (Å²) in [7, 11) is 0. The maximum Gasteiger partial charge on any atom is 0.328 e. The number of nitrogens with one attached hydrogen (secondary N) is 1. The van der Waals surface area contributed by atoms with E-state index in [9.17, 15) is 14.7 Å². The number of carboxylic acid groups (broad SMARTS) is 1.